The lowest BCUT2D eigenvalue weighted by molar-refractivity contribution is -0.118. The van der Waals surface area contributed by atoms with Crippen LogP contribution >= 0.6 is 0 Å². The molecule has 2 N–H and O–H groups in total. The van der Waals surface area contributed by atoms with Gasteiger partial charge in [-0.3, -0.25) is 9.52 Å². The second-order valence-electron chi connectivity index (χ2n) is 3.55. The molecule has 0 aromatic heterocycles. The van der Waals surface area contributed by atoms with Gasteiger partial charge in [0.15, 0.2) is 6.61 Å². The van der Waals surface area contributed by atoms with Crippen LogP contribution in [0.3, 0.4) is 0 Å². The number of hydrogen-bond donors (Lipinski definition) is 2. The molecule has 7 heteroatoms. The van der Waals surface area contributed by atoms with E-state index in [2.05, 4.69) is 10.0 Å². The van der Waals surface area contributed by atoms with Crippen LogP contribution in [0.1, 0.15) is 6.92 Å². The Hall–Kier alpha value is -1.76. The molecule has 17 heavy (non-hydrogen) atoms. The van der Waals surface area contributed by atoms with Crippen molar-refractivity contribution >= 4 is 27.3 Å². The molecule has 1 amide bonds. The number of carbonyl (C=O) groups excluding carboxylic acids is 1. The van der Waals surface area contributed by atoms with Gasteiger partial charge in [-0.1, -0.05) is 0 Å². The second kappa shape index (κ2) is 4.25. The number of anilines is 2. The van der Waals surface area contributed by atoms with Crippen molar-refractivity contribution in [2.75, 3.05) is 22.4 Å². The van der Waals surface area contributed by atoms with E-state index in [1.807, 2.05) is 0 Å². The van der Waals surface area contributed by atoms with E-state index in [1.54, 1.807) is 19.1 Å². The van der Waals surface area contributed by atoms with E-state index in [4.69, 9.17) is 4.74 Å². The van der Waals surface area contributed by atoms with Crippen LogP contribution in [0.5, 0.6) is 5.75 Å². The first-order valence-corrected chi connectivity index (χ1v) is 6.72. The Balaban J connectivity index is 2.27. The summed E-state index contributed by atoms with van der Waals surface area (Å²) >= 11 is 0. The predicted molar refractivity (Wildman–Crippen MR) is 63.7 cm³/mol. The van der Waals surface area contributed by atoms with Crippen molar-refractivity contribution in [3.05, 3.63) is 18.2 Å². The molecule has 1 aromatic carbocycles. The number of sulfonamides is 1. The van der Waals surface area contributed by atoms with Gasteiger partial charge >= 0.3 is 0 Å². The lowest BCUT2D eigenvalue weighted by atomic mass is 10.2. The Labute approximate surface area is 99.0 Å². The van der Waals surface area contributed by atoms with Gasteiger partial charge in [-0.2, -0.15) is 0 Å². The summed E-state index contributed by atoms with van der Waals surface area (Å²) in [5, 5.41) is 2.61. The summed E-state index contributed by atoms with van der Waals surface area (Å²) in [5.74, 6) is 0.268. The fourth-order valence-corrected chi connectivity index (χ4v) is 2.03. The van der Waals surface area contributed by atoms with Crippen molar-refractivity contribution in [1.29, 1.82) is 0 Å². The van der Waals surface area contributed by atoms with E-state index in [0.717, 1.165) is 0 Å². The Morgan fingerprint density at radius 2 is 2.24 bits per heavy atom. The molecule has 0 unspecified atom stereocenters. The summed E-state index contributed by atoms with van der Waals surface area (Å²) in [6.07, 6.45) is 0. The molecular weight excluding hydrogens is 244 g/mol. The van der Waals surface area contributed by atoms with Gasteiger partial charge in [-0.05, 0) is 25.1 Å². The molecule has 0 atom stereocenters. The first-order chi connectivity index (χ1) is 8.00. The highest BCUT2D eigenvalue weighted by molar-refractivity contribution is 7.92. The highest BCUT2D eigenvalue weighted by atomic mass is 32.2. The van der Waals surface area contributed by atoms with Crippen molar-refractivity contribution in [2.24, 2.45) is 0 Å². The zero-order chi connectivity index (χ0) is 12.5. The quantitative estimate of drug-likeness (QED) is 0.837. The number of hydrogen-bond acceptors (Lipinski definition) is 4. The summed E-state index contributed by atoms with van der Waals surface area (Å²) in [5.41, 5.74) is 0.869. The minimum atomic E-state index is -3.32. The third-order valence-corrected chi connectivity index (χ3v) is 3.57. The lowest BCUT2D eigenvalue weighted by Gasteiger charge is -2.18. The van der Waals surface area contributed by atoms with E-state index in [-0.39, 0.29) is 18.3 Å². The SMILES string of the molecule is CCS(=O)(=O)Nc1ccc2c(c1)NC(=O)CO2. The first-order valence-electron chi connectivity index (χ1n) is 5.07. The molecule has 6 nitrogen and oxygen atoms in total. The van der Waals surface area contributed by atoms with E-state index < -0.39 is 10.0 Å². The molecule has 0 saturated carbocycles. The molecule has 0 saturated heterocycles. The summed E-state index contributed by atoms with van der Waals surface area (Å²) in [4.78, 5) is 11.1. The van der Waals surface area contributed by atoms with Gasteiger partial charge in [0, 0.05) is 0 Å². The highest BCUT2D eigenvalue weighted by Crippen LogP contribution is 2.30. The third kappa shape index (κ3) is 2.68. The summed E-state index contributed by atoms with van der Waals surface area (Å²) in [7, 11) is -3.32. The average Bonchev–Trinajstić information content (AvgIpc) is 2.28. The Bertz CT molecular complexity index is 553. The third-order valence-electron chi connectivity index (χ3n) is 2.27. The molecule has 1 aliphatic rings. The van der Waals surface area contributed by atoms with Gasteiger partial charge in [0.05, 0.1) is 17.1 Å². The monoisotopic (exact) mass is 256 g/mol. The number of amides is 1. The minimum Gasteiger partial charge on any atom is -0.482 e. The summed E-state index contributed by atoms with van der Waals surface area (Å²) < 4.78 is 30.3. The van der Waals surface area contributed by atoms with Crippen LogP contribution < -0.4 is 14.8 Å². The molecule has 2 rings (SSSR count). The zero-order valence-corrected chi connectivity index (χ0v) is 10.0. The van der Waals surface area contributed by atoms with Gasteiger partial charge in [0.2, 0.25) is 10.0 Å². The van der Waals surface area contributed by atoms with Crippen LogP contribution in [0.2, 0.25) is 0 Å². The maximum absolute atomic E-state index is 11.4. The normalized spacial score (nSPS) is 14.5. The van der Waals surface area contributed by atoms with Crippen LogP contribution in [0, 0.1) is 0 Å². The maximum Gasteiger partial charge on any atom is 0.262 e. The van der Waals surface area contributed by atoms with Crippen LogP contribution in [0.4, 0.5) is 11.4 Å². The van der Waals surface area contributed by atoms with Gasteiger partial charge < -0.3 is 10.1 Å². The lowest BCUT2D eigenvalue weighted by Crippen LogP contribution is -2.25. The maximum atomic E-state index is 11.4. The summed E-state index contributed by atoms with van der Waals surface area (Å²) in [6.45, 7) is 1.53. The molecule has 0 bridgehead atoms. The highest BCUT2D eigenvalue weighted by Gasteiger charge is 2.17. The molecule has 0 aliphatic carbocycles. The number of ether oxygens (including phenoxy) is 1. The van der Waals surface area contributed by atoms with Crippen molar-refractivity contribution < 1.29 is 17.9 Å². The van der Waals surface area contributed by atoms with Crippen molar-refractivity contribution in [1.82, 2.24) is 0 Å². The molecular formula is C10H12N2O4S. The van der Waals surface area contributed by atoms with Gasteiger partial charge in [-0.15, -0.1) is 0 Å². The van der Waals surface area contributed by atoms with Crippen LogP contribution in [-0.4, -0.2) is 26.7 Å². The van der Waals surface area contributed by atoms with Crippen LogP contribution in [0.15, 0.2) is 18.2 Å². The largest absolute Gasteiger partial charge is 0.482 e. The second-order valence-corrected chi connectivity index (χ2v) is 5.56. The topological polar surface area (TPSA) is 84.5 Å². The molecule has 1 aliphatic heterocycles. The number of nitrogens with one attached hydrogen (secondary N) is 2. The van der Waals surface area contributed by atoms with E-state index in [1.165, 1.54) is 6.07 Å². The van der Waals surface area contributed by atoms with Crippen molar-refractivity contribution in [3.63, 3.8) is 0 Å². The van der Waals surface area contributed by atoms with Crippen LogP contribution in [-0.2, 0) is 14.8 Å². The number of rotatable bonds is 3. The molecule has 0 fully saturated rings. The first kappa shape index (κ1) is 11.7. The van der Waals surface area contributed by atoms with Crippen LogP contribution in [0.25, 0.3) is 0 Å². The molecule has 1 aromatic rings. The van der Waals surface area contributed by atoms with Gasteiger partial charge in [0.1, 0.15) is 5.75 Å². The zero-order valence-electron chi connectivity index (χ0n) is 9.19. The smallest absolute Gasteiger partial charge is 0.262 e. The number of carbonyl (C=O) groups is 1. The molecule has 0 radical (unpaired) electrons. The molecule has 1 heterocycles. The number of fused-ring (bicyclic) bond motifs is 1. The van der Waals surface area contributed by atoms with E-state index in [9.17, 15) is 13.2 Å². The Kier molecular flexibility index (Phi) is 2.93. The standard InChI is InChI=1S/C10H12N2O4S/c1-2-17(14,15)12-7-3-4-9-8(5-7)11-10(13)6-16-9/h3-5,12H,2,6H2,1H3,(H,11,13). The predicted octanol–water partition coefficient (Wildman–Crippen LogP) is 0.779. The van der Waals surface area contributed by atoms with Crippen molar-refractivity contribution in [2.45, 2.75) is 6.92 Å². The fraction of sp³-hybridized carbons (Fsp3) is 0.300. The molecule has 92 valence electrons. The van der Waals surface area contributed by atoms with Crippen molar-refractivity contribution in [3.8, 4) is 5.75 Å². The Morgan fingerprint density at radius 3 is 2.94 bits per heavy atom. The fourth-order valence-electron chi connectivity index (χ4n) is 1.40. The van der Waals surface area contributed by atoms with Gasteiger partial charge in [0.25, 0.3) is 5.91 Å². The number of benzene rings is 1. The van der Waals surface area contributed by atoms with E-state index >= 15 is 0 Å². The summed E-state index contributed by atoms with van der Waals surface area (Å²) in [6, 6.07) is 4.73. The minimum absolute atomic E-state index is 0.00700. The molecule has 0 spiro atoms. The Morgan fingerprint density at radius 1 is 1.47 bits per heavy atom. The van der Waals surface area contributed by atoms with E-state index in [0.29, 0.717) is 17.1 Å². The average molecular weight is 256 g/mol. The van der Waals surface area contributed by atoms with Gasteiger partial charge in [-0.25, -0.2) is 8.42 Å².